The first-order valence-electron chi connectivity index (χ1n) is 6.84. The smallest absolute Gasteiger partial charge is 0.128 e. The van der Waals surface area contributed by atoms with Gasteiger partial charge in [0.15, 0.2) is 0 Å². The van der Waals surface area contributed by atoms with Crippen LogP contribution in [0.4, 0.5) is 4.39 Å². The molecule has 0 aliphatic heterocycles. The monoisotopic (exact) mass is 350 g/mol. The van der Waals surface area contributed by atoms with Crippen molar-refractivity contribution in [3.63, 3.8) is 0 Å². The molecule has 112 valence electrons. The largest absolute Gasteiger partial charge is 0.271 e. The van der Waals surface area contributed by atoms with Crippen molar-refractivity contribution in [3.05, 3.63) is 69.4 Å². The van der Waals surface area contributed by atoms with E-state index in [9.17, 15) is 4.39 Å². The molecule has 2 nitrogen and oxygen atoms in total. The lowest BCUT2D eigenvalue weighted by atomic mass is 9.86. The van der Waals surface area contributed by atoms with E-state index in [1.165, 1.54) is 11.6 Å². The molecule has 1 atom stereocenters. The molecule has 3 N–H and O–H groups in total. The van der Waals surface area contributed by atoms with Crippen LogP contribution >= 0.6 is 15.9 Å². The lowest BCUT2D eigenvalue weighted by molar-refractivity contribution is 0.558. The van der Waals surface area contributed by atoms with Crippen LogP contribution in [0.15, 0.2) is 46.9 Å². The molecule has 2 aromatic rings. The number of hydrazine groups is 1. The Morgan fingerprint density at radius 1 is 1.10 bits per heavy atom. The summed E-state index contributed by atoms with van der Waals surface area (Å²) in [4.78, 5) is 0. The first kappa shape index (κ1) is 16.1. The fourth-order valence-electron chi connectivity index (χ4n) is 2.28. The van der Waals surface area contributed by atoms with Crippen LogP contribution in [0.3, 0.4) is 0 Å². The van der Waals surface area contributed by atoms with E-state index in [1.807, 2.05) is 12.1 Å². The zero-order valence-corrected chi connectivity index (χ0v) is 14.0. The van der Waals surface area contributed by atoms with Gasteiger partial charge in [-0.1, -0.05) is 61.0 Å². The van der Waals surface area contributed by atoms with Crippen molar-refractivity contribution in [2.24, 2.45) is 5.84 Å². The predicted molar refractivity (Wildman–Crippen MR) is 88.4 cm³/mol. The van der Waals surface area contributed by atoms with Gasteiger partial charge in [-0.25, -0.2) is 9.82 Å². The molecule has 0 heterocycles. The quantitative estimate of drug-likeness (QED) is 0.634. The van der Waals surface area contributed by atoms with Crippen molar-refractivity contribution in [3.8, 4) is 0 Å². The fourth-order valence-corrected chi connectivity index (χ4v) is 2.66. The second-order valence-corrected chi connectivity index (χ2v) is 7.05. The van der Waals surface area contributed by atoms with Crippen molar-refractivity contribution < 1.29 is 4.39 Å². The Labute approximate surface area is 133 Å². The highest BCUT2D eigenvalue weighted by molar-refractivity contribution is 9.10. The van der Waals surface area contributed by atoms with Gasteiger partial charge in [0.2, 0.25) is 0 Å². The zero-order valence-electron chi connectivity index (χ0n) is 12.5. The number of hydrogen-bond acceptors (Lipinski definition) is 2. The van der Waals surface area contributed by atoms with Gasteiger partial charge in [-0.15, -0.1) is 0 Å². The first-order valence-corrected chi connectivity index (χ1v) is 7.64. The maximum atomic E-state index is 14.0. The maximum Gasteiger partial charge on any atom is 0.128 e. The Morgan fingerprint density at radius 2 is 1.71 bits per heavy atom. The Bertz CT molecular complexity index is 618. The molecule has 0 saturated carbocycles. The van der Waals surface area contributed by atoms with Gasteiger partial charge in [0.05, 0.1) is 6.04 Å². The molecule has 0 fully saturated rings. The third-order valence-electron chi connectivity index (χ3n) is 3.55. The Balaban J connectivity index is 2.40. The third-order valence-corrected chi connectivity index (χ3v) is 4.04. The van der Waals surface area contributed by atoms with E-state index in [0.29, 0.717) is 5.56 Å². The van der Waals surface area contributed by atoms with Crippen molar-refractivity contribution in [2.45, 2.75) is 32.2 Å². The molecule has 0 aliphatic rings. The van der Waals surface area contributed by atoms with Crippen LogP contribution in [0.5, 0.6) is 0 Å². The molecule has 0 radical (unpaired) electrons. The molecule has 0 saturated heterocycles. The van der Waals surface area contributed by atoms with Gasteiger partial charge in [0, 0.05) is 10.0 Å². The van der Waals surface area contributed by atoms with Gasteiger partial charge in [0.1, 0.15) is 5.82 Å². The summed E-state index contributed by atoms with van der Waals surface area (Å²) in [5.41, 5.74) is 5.48. The molecule has 0 bridgehead atoms. The number of nitrogens with one attached hydrogen (secondary N) is 1. The Morgan fingerprint density at radius 3 is 2.24 bits per heavy atom. The maximum absolute atomic E-state index is 14.0. The summed E-state index contributed by atoms with van der Waals surface area (Å²) < 4.78 is 14.9. The number of halogens is 2. The van der Waals surface area contributed by atoms with E-state index in [0.717, 1.165) is 10.0 Å². The summed E-state index contributed by atoms with van der Waals surface area (Å²) in [6.07, 6.45) is 0. The van der Waals surface area contributed by atoms with E-state index < -0.39 is 0 Å². The van der Waals surface area contributed by atoms with Crippen molar-refractivity contribution in [1.29, 1.82) is 0 Å². The Kier molecular flexibility index (Phi) is 4.81. The van der Waals surface area contributed by atoms with Crippen LogP contribution in [0.2, 0.25) is 0 Å². The van der Waals surface area contributed by atoms with Crippen LogP contribution in [-0.4, -0.2) is 0 Å². The molecular formula is C17H20BrFN2. The van der Waals surface area contributed by atoms with Crippen LogP contribution in [0, 0.1) is 5.82 Å². The molecule has 0 aromatic heterocycles. The molecular weight excluding hydrogens is 331 g/mol. The molecule has 21 heavy (non-hydrogen) atoms. The minimum atomic E-state index is -0.378. The van der Waals surface area contributed by atoms with E-state index >= 15 is 0 Å². The lowest BCUT2D eigenvalue weighted by Crippen LogP contribution is -2.29. The van der Waals surface area contributed by atoms with Crippen LogP contribution in [-0.2, 0) is 5.41 Å². The summed E-state index contributed by atoms with van der Waals surface area (Å²) in [5, 5.41) is 0. The minimum absolute atomic E-state index is 0.0885. The summed E-state index contributed by atoms with van der Waals surface area (Å²) >= 11 is 3.37. The van der Waals surface area contributed by atoms with Crippen molar-refractivity contribution in [1.82, 2.24) is 5.43 Å². The number of benzene rings is 2. The number of nitrogens with two attached hydrogens (primary N) is 1. The highest BCUT2D eigenvalue weighted by atomic mass is 79.9. The summed E-state index contributed by atoms with van der Waals surface area (Å²) in [6, 6.07) is 12.6. The van der Waals surface area contributed by atoms with E-state index in [2.05, 4.69) is 54.3 Å². The lowest BCUT2D eigenvalue weighted by Gasteiger charge is -2.22. The van der Waals surface area contributed by atoms with E-state index in [-0.39, 0.29) is 17.3 Å². The van der Waals surface area contributed by atoms with E-state index in [4.69, 9.17) is 5.84 Å². The predicted octanol–water partition coefficient (Wildman–Crippen LogP) is 4.44. The van der Waals surface area contributed by atoms with Crippen molar-refractivity contribution in [2.75, 3.05) is 0 Å². The molecule has 2 rings (SSSR count). The second kappa shape index (κ2) is 6.26. The van der Waals surface area contributed by atoms with Gasteiger partial charge in [-0.3, -0.25) is 5.84 Å². The summed E-state index contributed by atoms with van der Waals surface area (Å²) in [7, 11) is 0. The normalized spacial score (nSPS) is 13.2. The third kappa shape index (κ3) is 3.70. The summed E-state index contributed by atoms with van der Waals surface area (Å²) in [5.74, 6) is 5.37. The molecule has 0 aliphatic carbocycles. The first-order chi connectivity index (χ1) is 9.82. The van der Waals surface area contributed by atoms with Crippen LogP contribution in [0.25, 0.3) is 0 Å². The van der Waals surface area contributed by atoms with Gasteiger partial charge >= 0.3 is 0 Å². The van der Waals surface area contributed by atoms with Crippen molar-refractivity contribution >= 4 is 15.9 Å². The average Bonchev–Trinajstić information content (AvgIpc) is 2.43. The molecule has 0 amide bonds. The van der Waals surface area contributed by atoms with E-state index in [1.54, 1.807) is 12.1 Å². The van der Waals surface area contributed by atoms with Gasteiger partial charge < -0.3 is 0 Å². The fraction of sp³-hybridized carbons (Fsp3) is 0.294. The Hall–Kier alpha value is -1.23. The summed E-state index contributed by atoms with van der Waals surface area (Å²) in [6.45, 7) is 6.48. The van der Waals surface area contributed by atoms with Gasteiger partial charge in [-0.05, 0) is 34.7 Å². The standard InChI is InChI=1S/C17H20BrFN2/c1-17(2,3)12-6-4-11(5-7-12)16(21-20)14-10-13(18)8-9-15(14)19/h4-10,16,21H,20H2,1-3H3. The molecule has 0 spiro atoms. The topological polar surface area (TPSA) is 38.0 Å². The molecule has 2 aromatic carbocycles. The SMILES string of the molecule is CC(C)(C)c1ccc(C(NN)c2cc(Br)ccc2F)cc1. The van der Waals surface area contributed by atoms with Gasteiger partial charge in [-0.2, -0.15) is 0 Å². The minimum Gasteiger partial charge on any atom is -0.271 e. The van der Waals surface area contributed by atoms with Crippen LogP contribution in [0.1, 0.15) is 43.5 Å². The zero-order chi connectivity index (χ0) is 15.6. The number of hydrogen-bond donors (Lipinski definition) is 2. The highest BCUT2D eigenvalue weighted by Gasteiger charge is 2.19. The highest BCUT2D eigenvalue weighted by Crippen LogP contribution is 2.29. The average molecular weight is 351 g/mol. The second-order valence-electron chi connectivity index (χ2n) is 6.14. The van der Waals surface area contributed by atoms with Crippen LogP contribution < -0.4 is 11.3 Å². The number of rotatable bonds is 3. The molecule has 4 heteroatoms. The molecule has 1 unspecified atom stereocenters. The van der Waals surface area contributed by atoms with Gasteiger partial charge in [0.25, 0.3) is 0 Å².